The van der Waals surface area contributed by atoms with E-state index in [2.05, 4.69) is 29.6 Å². The maximum absolute atomic E-state index is 13.1. The minimum absolute atomic E-state index is 0.0464. The summed E-state index contributed by atoms with van der Waals surface area (Å²) in [6.07, 6.45) is 6.10. The van der Waals surface area contributed by atoms with E-state index in [1.165, 1.54) is 0 Å². The first-order chi connectivity index (χ1) is 14.2. The molecule has 1 fully saturated rings. The number of aliphatic hydroxyl groups is 1. The lowest BCUT2D eigenvalue weighted by Crippen LogP contribution is -2.45. The second-order valence-electron chi connectivity index (χ2n) is 8.22. The van der Waals surface area contributed by atoms with Crippen LogP contribution in [-0.4, -0.2) is 30.3 Å². The summed E-state index contributed by atoms with van der Waals surface area (Å²) in [5.41, 5.74) is 2.26. The van der Waals surface area contributed by atoms with Crippen molar-refractivity contribution in [2.75, 3.05) is 13.2 Å². The minimum atomic E-state index is -0.265. The number of hydrogen-bond donors (Lipinski definition) is 2. The number of carbonyl (C=O) groups is 1. The fourth-order valence-electron chi connectivity index (χ4n) is 4.78. The lowest BCUT2D eigenvalue weighted by Gasteiger charge is -2.29. The normalized spacial score (nSPS) is 25.8. The molecule has 152 valence electrons. The molecule has 0 spiro atoms. The van der Waals surface area contributed by atoms with Gasteiger partial charge in [0.25, 0.3) is 0 Å². The SMILES string of the molecule is O=C(N[C@H](CO)Cc1ccccc1)[C@H]1[C@@H](COCc2ccccc2)[C@H]2C=C[C@@H]1C2. The summed E-state index contributed by atoms with van der Waals surface area (Å²) in [7, 11) is 0. The summed E-state index contributed by atoms with van der Waals surface area (Å²) >= 11 is 0. The van der Waals surface area contributed by atoms with Crippen LogP contribution in [0.15, 0.2) is 72.8 Å². The van der Waals surface area contributed by atoms with Crippen molar-refractivity contribution in [3.63, 3.8) is 0 Å². The average Bonchev–Trinajstić information content (AvgIpc) is 3.36. The number of nitrogens with one attached hydrogen (secondary N) is 1. The van der Waals surface area contributed by atoms with Gasteiger partial charge in [-0.05, 0) is 35.8 Å². The van der Waals surface area contributed by atoms with E-state index < -0.39 is 0 Å². The van der Waals surface area contributed by atoms with Crippen LogP contribution in [0.3, 0.4) is 0 Å². The van der Waals surface area contributed by atoms with Crippen molar-refractivity contribution in [1.29, 1.82) is 0 Å². The van der Waals surface area contributed by atoms with E-state index in [1.54, 1.807) is 0 Å². The van der Waals surface area contributed by atoms with Gasteiger partial charge >= 0.3 is 0 Å². The van der Waals surface area contributed by atoms with Crippen LogP contribution in [0.5, 0.6) is 0 Å². The van der Waals surface area contributed by atoms with Gasteiger partial charge in [-0.1, -0.05) is 72.8 Å². The van der Waals surface area contributed by atoms with Crippen molar-refractivity contribution < 1.29 is 14.6 Å². The first-order valence-electron chi connectivity index (χ1n) is 10.5. The van der Waals surface area contributed by atoms with E-state index in [1.807, 2.05) is 48.5 Å². The molecule has 2 N–H and O–H groups in total. The van der Waals surface area contributed by atoms with Crippen molar-refractivity contribution >= 4 is 5.91 Å². The Balaban J connectivity index is 1.36. The molecular formula is C25H29NO3. The Morgan fingerprint density at radius 1 is 1.00 bits per heavy atom. The zero-order chi connectivity index (χ0) is 20.1. The van der Waals surface area contributed by atoms with Gasteiger partial charge < -0.3 is 15.2 Å². The topological polar surface area (TPSA) is 58.6 Å². The van der Waals surface area contributed by atoms with E-state index in [4.69, 9.17) is 4.74 Å². The Labute approximate surface area is 172 Å². The predicted molar refractivity (Wildman–Crippen MR) is 113 cm³/mol. The molecule has 2 aliphatic carbocycles. The van der Waals surface area contributed by atoms with Gasteiger partial charge in [0, 0.05) is 11.8 Å². The first-order valence-corrected chi connectivity index (χ1v) is 10.5. The van der Waals surface area contributed by atoms with Gasteiger partial charge in [-0.25, -0.2) is 0 Å². The second kappa shape index (κ2) is 9.38. The molecule has 0 radical (unpaired) electrons. The molecule has 0 aliphatic heterocycles. The molecule has 0 unspecified atom stereocenters. The number of rotatable bonds is 9. The molecule has 0 saturated heterocycles. The van der Waals surface area contributed by atoms with Gasteiger partial charge in [0.2, 0.25) is 5.91 Å². The van der Waals surface area contributed by atoms with Crippen LogP contribution < -0.4 is 5.32 Å². The van der Waals surface area contributed by atoms with Crippen molar-refractivity contribution in [3.8, 4) is 0 Å². The van der Waals surface area contributed by atoms with Crippen molar-refractivity contribution in [3.05, 3.63) is 83.9 Å². The standard InChI is InChI=1S/C25H29NO3/c27-15-22(13-18-7-3-1-4-8-18)26-25(28)24-21-12-11-20(14-21)23(24)17-29-16-19-9-5-2-6-10-19/h1-12,20-24,27H,13-17H2,(H,26,28)/t20-,21+,22-,23-,24+/m0/s1. The van der Waals surface area contributed by atoms with E-state index in [9.17, 15) is 9.90 Å². The molecule has 1 amide bonds. The molecule has 2 aromatic carbocycles. The summed E-state index contributed by atoms with van der Waals surface area (Å²) in [5, 5.41) is 12.9. The highest BCUT2D eigenvalue weighted by Crippen LogP contribution is 2.48. The molecule has 2 aliphatic rings. The van der Waals surface area contributed by atoms with Crippen LogP contribution in [0.2, 0.25) is 0 Å². The molecule has 29 heavy (non-hydrogen) atoms. The molecule has 0 aromatic heterocycles. The van der Waals surface area contributed by atoms with Gasteiger partial charge in [-0.2, -0.15) is 0 Å². The third-order valence-corrected chi connectivity index (χ3v) is 6.24. The third-order valence-electron chi connectivity index (χ3n) is 6.24. The number of carbonyl (C=O) groups excluding carboxylic acids is 1. The van der Waals surface area contributed by atoms with Crippen LogP contribution in [0.4, 0.5) is 0 Å². The lowest BCUT2D eigenvalue weighted by molar-refractivity contribution is -0.129. The van der Waals surface area contributed by atoms with E-state index in [0.29, 0.717) is 25.6 Å². The number of benzene rings is 2. The number of fused-ring (bicyclic) bond motifs is 2. The monoisotopic (exact) mass is 391 g/mol. The van der Waals surface area contributed by atoms with Crippen molar-refractivity contribution in [1.82, 2.24) is 5.32 Å². The lowest BCUT2D eigenvalue weighted by atomic mass is 9.82. The maximum Gasteiger partial charge on any atom is 0.224 e. The smallest absolute Gasteiger partial charge is 0.224 e. The number of allylic oxidation sites excluding steroid dienone is 2. The van der Waals surface area contributed by atoms with Gasteiger partial charge in [-0.3, -0.25) is 4.79 Å². The molecule has 0 heterocycles. The fourth-order valence-corrected chi connectivity index (χ4v) is 4.78. The van der Waals surface area contributed by atoms with Crippen LogP contribution in [-0.2, 0) is 22.6 Å². The highest BCUT2D eigenvalue weighted by atomic mass is 16.5. The fraction of sp³-hybridized carbons (Fsp3) is 0.400. The van der Waals surface area contributed by atoms with Crippen LogP contribution in [0.1, 0.15) is 17.5 Å². The number of aliphatic hydroxyl groups excluding tert-OH is 1. The number of amides is 1. The quantitative estimate of drug-likeness (QED) is 0.645. The van der Waals surface area contributed by atoms with Crippen molar-refractivity contribution in [2.24, 2.45) is 23.7 Å². The third kappa shape index (κ3) is 4.77. The molecule has 4 nitrogen and oxygen atoms in total. The van der Waals surface area contributed by atoms with Gasteiger partial charge in [0.05, 0.1) is 25.9 Å². The largest absolute Gasteiger partial charge is 0.394 e. The number of hydrogen-bond acceptors (Lipinski definition) is 3. The summed E-state index contributed by atoms with van der Waals surface area (Å²) in [5.74, 6) is 0.857. The van der Waals surface area contributed by atoms with Crippen LogP contribution in [0.25, 0.3) is 0 Å². The summed E-state index contributed by atoms with van der Waals surface area (Å²) in [6, 6.07) is 19.8. The molecule has 4 rings (SSSR count). The average molecular weight is 392 g/mol. The molecule has 5 atom stereocenters. The van der Waals surface area contributed by atoms with Gasteiger partial charge in [0.15, 0.2) is 0 Å². The Morgan fingerprint density at radius 2 is 1.66 bits per heavy atom. The van der Waals surface area contributed by atoms with Gasteiger partial charge in [-0.15, -0.1) is 0 Å². The molecule has 2 bridgehead atoms. The highest BCUT2D eigenvalue weighted by molar-refractivity contribution is 5.80. The van der Waals surface area contributed by atoms with E-state index >= 15 is 0 Å². The predicted octanol–water partition coefficient (Wildman–Crippen LogP) is 3.36. The molecular weight excluding hydrogens is 362 g/mol. The zero-order valence-corrected chi connectivity index (χ0v) is 16.6. The van der Waals surface area contributed by atoms with Crippen LogP contribution >= 0.6 is 0 Å². The summed E-state index contributed by atoms with van der Waals surface area (Å²) in [4.78, 5) is 13.1. The minimum Gasteiger partial charge on any atom is -0.394 e. The maximum atomic E-state index is 13.1. The zero-order valence-electron chi connectivity index (χ0n) is 16.6. The Kier molecular flexibility index (Phi) is 6.43. The highest BCUT2D eigenvalue weighted by Gasteiger charge is 2.48. The molecule has 4 heteroatoms. The summed E-state index contributed by atoms with van der Waals surface area (Å²) in [6.45, 7) is 1.09. The molecule has 2 aromatic rings. The van der Waals surface area contributed by atoms with Crippen molar-refractivity contribution in [2.45, 2.75) is 25.5 Å². The number of ether oxygens (including phenoxy) is 1. The van der Waals surface area contributed by atoms with E-state index in [-0.39, 0.29) is 36.3 Å². The Morgan fingerprint density at radius 3 is 2.34 bits per heavy atom. The summed E-state index contributed by atoms with van der Waals surface area (Å²) < 4.78 is 6.00. The van der Waals surface area contributed by atoms with E-state index in [0.717, 1.165) is 17.5 Å². The Bertz CT molecular complexity index is 820. The van der Waals surface area contributed by atoms with Gasteiger partial charge in [0.1, 0.15) is 0 Å². The molecule has 1 saturated carbocycles. The van der Waals surface area contributed by atoms with Crippen LogP contribution in [0, 0.1) is 23.7 Å². The second-order valence-corrected chi connectivity index (χ2v) is 8.22. The first kappa shape index (κ1) is 19.9. The Hall–Kier alpha value is -2.43.